The third-order valence-corrected chi connectivity index (χ3v) is 4.73. The fraction of sp³-hybridized carbons (Fsp3) is 0.375. The van der Waals surface area contributed by atoms with E-state index in [-0.39, 0.29) is 6.10 Å². The van der Waals surface area contributed by atoms with Gasteiger partial charge >= 0.3 is 0 Å². The molecular weight excluding hydrogens is 240 g/mol. The average Bonchev–Trinajstić information content (AvgIpc) is 2.82. The summed E-state index contributed by atoms with van der Waals surface area (Å²) in [7, 11) is 0. The van der Waals surface area contributed by atoms with Crippen molar-refractivity contribution < 1.29 is 5.11 Å². The lowest BCUT2D eigenvalue weighted by Crippen LogP contribution is -2.03. The predicted molar refractivity (Wildman–Crippen MR) is 78.3 cm³/mol. The SMILES string of the molecule is CCc1ccc(C(O)Cc2c(C)cccc2C)s1. The molecule has 0 aliphatic carbocycles. The van der Waals surface area contributed by atoms with Gasteiger partial charge in [0.15, 0.2) is 0 Å². The van der Waals surface area contributed by atoms with Gasteiger partial charge in [0.2, 0.25) is 0 Å². The molecule has 0 aliphatic rings. The Morgan fingerprint density at radius 1 is 1.11 bits per heavy atom. The van der Waals surface area contributed by atoms with E-state index in [1.54, 1.807) is 11.3 Å². The maximum absolute atomic E-state index is 10.3. The zero-order chi connectivity index (χ0) is 13.1. The predicted octanol–water partition coefficient (Wildman–Crippen LogP) is 4.20. The lowest BCUT2D eigenvalue weighted by molar-refractivity contribution is 0.182. The summed E-state index contributed by atoms with van der Waals surface area (Å²) in [6, 6.07) is 10.5. The van der Waals surface area contributed by atoms with E-state index in [1.807, 2.05) is 0 Å². The molecule has 1 aromatic carbocycles. The van der Waals surface area contributed by atoms with Gasteiger partial charge < -0.3 is 5.11 Å². The molecule has 1 unspecified atom stereocenters. The third-order valence-electron chi connectivity index (χ3n) is 3.40. The normalized spacial score (nSPS) is 12.7. The third kappa shape index (κ3) is 2.82. The molecule has 1 N–H and O–H groups in total. The summed E-state index contributed by atoms with van der Waals surface area (Å²) in [5, 5.41) is 10.3. The van der Waals surface area contributed by atoms with Gasteiger partial charge in [-0.15, -0.1) is 11.3 Å². The molecule has 0 bridgehead atoms. The van der Waals surface area contributed by atoms with Crippen LogP contribution in [-0.2, 0) is 12.8 Å². The number of aryl methyl sites for hydroxylation is 3. The first-order chi connectivity index (χ1) is 8.61. The van der Waals surface area contributed by atoms with Crippen LogP contribution in [0, 0.1) is 13.8 Å². The maximum Gasteiger partial charge on any atom is 0.0922 e. The van der Waals surface area contributed by atoms with Crippen LogP contribution in [0.15, 0.2) is 30.3 Å². The number of thiophene rings is 1. The van der Waals surface area contributed by atoms with Crippen LogP contribution < -0.4 is 0 Å². The Hall–Kier alpha value is -1.12. The molecule has 0 spiro atoms. The summed E-state index contributed by atoms with van der Waals surface area (Å²) in [4.78, 5) is 2.42. The zero-order valence-electron chi connectivity index (χ0n) is 11.2. The molecular formula is C16H20OS. The highest BCUT2D eigenvalue weighted by Gasteiger charge is 2.13. The van der Waals surface area contributed by atoms with Crippen LogP contribution in [0.5, 0.6) is 0 Å². The van der Waals surface area contributed by atoms with Crippen molar-refractivity contribution in [2.24, 2.45) is 0 Å². The van der Waals surface area contributed by atoms with E-state index < -0.39 is 0 Å². The highest BCUT2D eigenvalue weighted by Crippen LogP contribution is 2.28. The van der Waals surface area contributed by atoms with Crippen molar-refractivity contribution in [2.75, 3.05) is 0 Å². The molecule has 18 heavy (non-hydrogen) atoms. The van der Waals surface area contributed by atoms with E-state index in [0.717, 1.165) is 11.3 Å². The van der Waals surface area contributed by atoms with Gasteiger partial charge in [0.05, 0.1) is 6.10 Å². The zero-order valence-corrected chi connectivity index (χ0v) is 12.1. The summed E-state index contributed by atoms with van der Waals surface area (Å²) in [5.74, 6) is 0. The highest BCUT2D eigenvalue weighted by atomic mass is 32.1. The summed E-state index contributed by atoms with van der Waals surface area (Å²) in [6.45, 7) is 6.37. The van der Waals surface area contributed by atoms with E-state index in [4.69, 9.17) is 0 Å². The minimum atomic E-state index is -0.380. The lowest BCUT2D eigenvalue weighted by Gasteiger charge is -2.13. The summed E-state index contributed by atoms with van der Waals surface area (Å²) >= 11 is 1.72. The number of hydrogen-bond acceptors (Lipinski definition) is 2. The second-order valence-corrected chi connectivity index (χ2v) is 5.95. The van der Waals surface area contributed by atoms with Gasteiger partial charge in [0, 0.05) is 16.2 Å². The van der Waals surface area contributed by atoms with Gasteiger partial charge in [0.1, 0.15) is 0 Å². The number of hydrogen-bond donors (Lipinski definition) is 1. The number of benzene rings is 1. The molecule has 2 aromatic rings. The lowest BCUT2D eigenvalue weighted by atomic mass is 9.97. The van der Waals surface area contributed by atoms with E-state index in [0.29, 0.717) is 6.42 Å². The highest BCUT2D eigenvalue weighted by molar-refractivity contribution is 7.12. The molecule has 1 aromatic heterocycles. The first kappa shape index (κ1) is 13.3. The van der Waals surface area contributed by atoms with Crippen LogP contribution >= 0.6 is 11.3 Å². The van der Waals surface area contributed by atoms with Crippen LogP contribution in [0.25, 0.3) is 0 Å². The largest absolute Gasteiger partial charge is 0.387 e. The van der Waals surface area contributed by atoms with Gasteiger partial charge in [-0.05, 0) is 49.1 Å². The minimum absolute atomic E-state index is 0.380. The van der Waals surface area contributed by atoms with Gasteiger partial charge in [-0.2, -0.15) is 0 Å². The standard InChI is InChI=1S/C16H20OS/c1-4-13-8-9-16(18-13)15(17)10-14-11(2)6-5-7-12(14)3/h5-9,15,17H,4,10H2,1-3H3. The van der Waals surface area contributed by atoms with Crippen molar-refractivity contribution in [2.45, 2.75) is 39.7 Å². The second kappa shape index (κ2) is 5.68. The molecule has 0 amide bonds. The topological polar surface area (TPSA) is 20.2 Å². The van der Waals surface area contributed by atoms with Crippen molar-refractivity contribution in [3.8, 4) is 0 Å². The van der Waals surface area contributed by atoms with Crippen LogP contribution in [-0.4, -0.2) is 5.11 Å². The molecule has 1 heterocycles. The van der Waals surface area contributed by atoms with E-state index in [9.17, 15) is 5.11 Å². The van der Waals surface area contributed by atoms with E-state index >= 15 is 0 Å². The number of aliphatic hydroxyl groups excluding tert-OH is 1. The Bertz CT molecular complexity index is 507. The molecule has 1 atom stereocenters. The first-order valence-corrected chi connectivity index (χ1v) is 7.25. The van der Waals surface area contributed by atoms with E-state index in [2.05, 4.69) is 51.1 Å². The average molecular weight is 260 g/mol. The fourth-order valence-electron chi connectivity index (χ4n) is 2.23. The van der Waals surface area contributed by atoms with Gasteiger partial charge in [0.25, 0.3) is 0 Å². The number of aliphatic hydroxyl groups is 1. The Morgan fingerprint density at radius 2 is 1.78 bits per heavy atom. The molecule has 2 heteroatoms. The summed E-state index contributed by atoms with van der Waals surface area (Å²) in [6.07, 6.45) is 1.37. The van der Waals surface area contributed by atoms with E-state index in [1.165, 1.54) is 21.6 Å². The summed E-state index contributed by atoms with van der Waals surface area (Å²) < 4.78 is 0. The Kier molecular flexibility index (Phi) is 4.20. The smallest absolute Gasteiger partial charge is 0.0922 e. The molecule has 0 radical (unpaired) electrons. The van der Waals surface area contributed by atoms with Gasteiger partial charge in [-0.1, -0.05) is 25.1 Å². The molecule has 0 saturated heterocycles. The van der Waals surface area contributed by atoms with Crippen molar-refractivity contribution in [1.29, 1.82) is 0 Å². The molecule has 1 nitrogen and oxygen atoms in total. The molecule has 0 saturated carbocycles. The quantitative estimate of drug-likeness (QED) is 0.873. The van der Waals surface area contributed by atoms with Gasteiger partial charge in [-0.25, -0.2) is 0 Å². The van der Waals surface area contributed by atoms with Crippen LogP contribution in [0.2, 0.25) is 0 Å². The maximum atomic E-state index is 10.3. The Labute approximate surface area is 113 Å². The number of rotatable bonds is 4. The monoisotopic (exact) mass is 260 g/mol. The second-order valence-electron chi connectivity index (χ2n) is 4.75. The molecule has 0 aliphatic heterocycles. The van der Waals surface area contributed by atoms with Crippen molar-refractivity contribution in [1.82, 2.24) is 0 Å². The molecule has 0 fully saturated rings. The van der Waals surface area contributed by atoms with Crippen LogP contribution in [0.4, 0.5) is 0 Å². The molecule has 2 rings (SSSR count). The summed E-state index contributed by atoms with van der Waals surface area (Å²) in [5.41, 5.74) is 3.80. The van der Waals surface area contributed by atoms with Crippen LogP contribution in [0.1, 0.15) is 39.5 Å². The van der Waals surface area contributed by atoms with Crippen molar-refractivity contribution in [3.63, 3.8) is 0 Å². The Morgan fingerprint density at radius 3 is 2.33 bits per heavy atom. The first-order valence-electron chi connectivity index (χ1n) is 6.43. The minimum Gasteiger partial charge on any atom is -0.387 e. The van der Waals surface area contributed by atoms with Gasteiger partial charge in [-0.3, -0.25) is 0 Å². The van der Waals surface area contributed by atoms with Crippen molar-refractivity contribution in [3.05, 3.63) is 56.8 Å². The Balaban J connectivity index is 2.18. The van der Waals surface area contributed by atoms with Crippen molar-refractivity contribution >= 4 is 11.3 Å². The fourth-order valence-corrected chi connectivity index (χ4v) is 3.17. The molecule has 96 valence electrons. The van der Waals surface area contributed by atoms with Crippen LogP contribution in [0.3, 0.4) is 0 Å².